The molecule has 0 aliphatic heterocycles. The molecule has 0 atom stereocenters. The monoisotopic (exact) mass is 345 g/mol. The van der Waals surface area contributed by atoms with Crippen LogP contribution in [0.1, 0.15) is 25.8 Å². The van der Waals surface area contributed by atoms with Gasteiger partial charge in [-0.1, -0.05) is 0 Å². The van der Waals surface area contributed by atoms with Gasteiger partial charge in [-0.15, -0.1) is 0 Å². The van der Waals surface area contributed by atoms with Crippen LogP contribution >= 0.6 is 11.8 Å². The second kappa shape index (κ2) is 7.13. The standard InChI is InChI=1S/C13H20ClF3N3.ClH/c1-12(2,19-14)7-8-20(3,4)11-6-5-10(9-18-11)13(15,16)17;/h5-6,9,19H,7-8H2,1-4H3;1H/q+1;/p-1. The van der Waals surface area contributed by atoms with Crippen LogP contribution in [0, 0.1) is 0 Å². The molecule has 1 aromatic heterocycles. The zero-order chi connectivity index (χ0) is 15.6. The summed E-state index contributed by atoms with van der Waals surface area (Å²) in [5.74, 6) is 0.586. The van der Waals surface area contributed by atoms with Crippen LogP contribution in [0.25, 0.3) is 0 Å². The molecule has 0 aromatic carbocycles. The number of aromatic nitrogens is 1. The van der Waals surface area contributed by atoms with Gasteiger partial charge in [0.15, 0.2) is 0 Å². The molecule has 0 amide bonds. The van der Waals surface area contributed by atoms with E-state index in [0.29, 0.717) is 16.8 Å². The Kier molecular flexibility index (Phi) is 6.94. The molecule has 1 N–H and O–H groups in total. The van der Waals surface area contributed by atoms with Crippen LogP contribution in [-0.4, -0.2) is 31.2 Å². The maximum Gasteiger partial charge on any atom is 0.417 e. The van der Waals surface area contributed by atoms with Crippen LogP contribution in [-0.2, 0) is 6.18 Å². The SMILES string of the molecule is CC(C)(CC[N+](C)(C)c1ccc(C(F)(F)F)cn1)NCl.[Cl-]. The number of quaternary nitrogens is 1. The Bertz CT molecular complexity index is 445. The summed E-state index contributed by atoms with van der Waals surface area (Å²) >= 11 is 5.64. The van der Waals surface area contributed by atoms with Gasteiger partial charge < -0.3 is 12.4 Å². The van der Waals surface area contributed by atoms with Gasteiger partial charge >= 0.3 is 6.18 Å². The number of nitrogens with zero attached hydrogens (tertiary/aromatic N) is 2. The van der Waals surface area contributed by atoms with Gasteiger partial charge in [0.2, 0.25) is 5.82 Å². The molecule has 1 heterocycles. The molecule has 1 rings (SSSR count). The molecule has 122 valence electrons. The van der Waals surface area contributed by atoms with E-state index in [1.165, 1.54) is 6.07 Å². The van der Waals surface area contributed by atoms with Crippen molar-refractivity contribution < 1.29 is 25.6 Å². The van der Waals surface area contributed by atoms with Crippen LogP contribution in [0.3, 0.4) is 0 Å². The van der Waals surface area contributed by atoms with E-state index in [4.69, 9.17) is 11.8 Å². The van der Waals surface area contributed by atoms with Gasteiger partial charge in [-0.25, -0.2) is 9.82 Å². The Labute approximate surface area is 134 Å². The summed E-state index contributed by atoms with van der Waals surface area (Å²) < 4.78 is 37.9. The lowest BCUT2D eigenvalue weighted by molar-refractivity contribution is -0.137. The lowest BCUT2D eigenvalue weighted by atomic mass is 10.0. The number of hydrogen-bond donors (Lipinski definition) is 1. The van der Waals surface area contributed by atoms with Gasteiger partial charge in [0.1, 0.15) is 0 Å². The summed E-state index contributed by atoms with van der Waals surface area (Å²) in [4.78, 5) is 6.63. The number of alkyl halides is 3. The molecular weight excluding hydrogens is 326 g/mol. The number of nitrogens with one attached hydrogen (secondary N) is 1. The zero-order valence-corrected chi connectivity index (χ0v) is 13.9. The van der Waals surface area contributed by atoms with Crippen molar-refractivity contribution in [2.75, 3.05) is 20.6 Å². The van der Waals surface area contributed by atoms with Crippen LogP contribution < -0.4 is 21.7 Å². The summed E-state index contributed by atoms with van der Waals surface area (Å²) in [7, 11) is 3.81. The van der Waals surface area contributed by atoms with Gasteiger partial charge in [-0.2, -0.15) is 13.2 Å². The highest BCUT2D eigenvalue weighted by Crippen LogP contribution is 2.30. The normalized spacial score (nSPS) is 13.0. The first-order valence-corrected chi connectivity index (χ1v) is 6.60. The quantitative estimate of drug-likeness (QED) is 0.624. The minimum absolute atomic E-state index is 0. The number of pyridine rings is 1. The number of halogens is 5. The molecule has 21 heavy (non-hydrogen) atoms. The third kappa shape index (κ3) is 5.98. The Hall–Kier alpha value is -0.560. The molecule has 0 saturated carbocycles. The molecule has 0 saturated heterocycles. The highest BCUT2D eigenvalue weighted by molar-refractivity contribution is 6.13. The number of rotatable bonds is 5. The van der Waals surface area contributed by atoms with Crippen molar-refractivity contribution in [2.24, 2.45) is 0 Å². The third-order valence-corrected chi connectivity index (χ3v) is 3.76. The molecule has 0 unspecified atom stereocenters. The van der Waals surface area contributed by atoms with Gasteiger partial charge in [0.05, 0.1) is 26.2 Å². The second-order valence-corrected chi connectivity index (χ2v) is 6.23. The van der Waals surface area contributed by atoms with Gasteiger partial charge in [0.25, 0.3) is 0 Å². The molecule has 0 spiro atoms. The average Bonchev–Trinajstić information content (AvgIpc) is 2.36. The lowest BCUT2D eigenvalue weighted by Crippen LogP contribution is -3.00. The molecule has 0 radical (unpaired) electrons. The van der Waals surface area contributed by atoms with Crippen molar-refractivity contribution in [3.63, 3.8) is 0 Å². The Morgan fingerprint density at radius 3 is 2.19 bits per heavy atom. The van der Waals surface area contributed by atoms with Crippen LogP contribution in [0.15, 0.2) is 18.3 Å². The first kappa shape index (κ1) is 20.4. The molecule has 0 bridgehead atoms. The molecule has 3 nitrogen and oxygen atoms in total. The van der Waals surface area contributed by atoms with Gasteiger partial charge in [0, 0.05) is 24.2 Å². The fraction of sp³-hybridized carbons (Fsp3) is 0.615. The van der Waals surface area contributed by atoms with E-state index in [-0.39, 0.29) is 17.9 Å². The van der Waals surface area contributed by atoms with Gasteiger partial charge in [-0.3, -0.25) is 4.48 Å². The summed E-state index contributed by atoms with van der Waals surface area (Å²) in [6, 6.07) is 2.48. The fourth-order valence-corrected chi connectivity index (χ4v) is 1.73. The van der Waals surface area contributed by atoms with Crippen LogP contribution in [0.4, 0.5) is 19.0 Å². The van der Waals surface area contributed by atoms with Crippen LogP contribution in [0.2, 0.25) is 0 Å². The van der Waals surface area contributed by atoms with Crippen molar-refractivity contribution >= 4 is 17.6 Å². The smallest absolute Gasteiger partial charge is 0.417 e. The summed E-state index contributed by atoms with van der Waals surface area (Å²) in [6.45, 7) is 4.62. The minimum Gasteiger partial charge on any atom is -1.00 e. The van der Waals surface area contributed by atoms with E-state index in [1.54, 1.807) is 0 Å². The topological polar surface area (TPSA) is 24.9 Å². The van der Waals surface area contributed by atoms with Crippen molar-refractivity contribution in [3.8, 4) is 0 Å². The zero-order valence-electron chi connectivity index (χ0n) is 12.4. The summed E-state index contributed by atoms with van der Waals surface area (Å²) in [5.41, 5.74) is -0.979. The third-order valence-electron chi connectivity index (χ3n) is 3.25. The average molecular weight is 346 g/mol. The minimum atomic E-state index is -4.35. The summed E-state index contributed by atoms with van der Waals surface area (Å²) in [5, 5.41) is 0. The lowest BCUT2D eigenvalue weighted by Gasteiger charge is -2.32. The van der Waals surface area contributed by atoms with E-state index < -0.39 is 11.7 Å². The molecule has 0 aliphatic carbocycles. The van der Waals surface area contributed by atoms with E-state index >= 15 is 0 Å². The molecule has 0 fully saturated rings. The Balaban J connectivity index is 0.00000400. The first-order valence-electron chi connectivity index (χ1n) is 6.22. The predicted octanol–water partition coefficient (Wildman–Crippen LogP) is 0.583. The van der Waals surface area contributed by atoms with Crippen molar-refractivity contribution in [3.05, 3.63) is 23.9 Å². The first-order chi connectivity index (χ1) is 8.98. The molecular formula is C13H20Cl2F3N3. The predicted molar refractivity (Wildman–Crippen MR) is 75.4 cm³/mol. The summed E-state index contributed by atoms with van der Waals surface area (Å²) in [6.07, 6.45) is -2.72. The fourth-order valence-electron chi connectivity index (χ4n) is 1.63. The van der Waals surface area contributed by atoms with Crippen LogP contribution in [0.5, 0.6) is 0 Å². The van der Waals surface area contributed by atoms with Crippen molar-refractivity contribution in [1.82, 2.24) is 14.3 Å². The van der Waals surface area contributed by atoms with Crippen molar-refractivity contribution in [2.45, 2.75) is 32.0 Å². The highest BCUT2D eigenvalue weighted by atomic mass is 35.5. The van der Waals surface area contributed by atoms with Crippen molar-refractivity contribution in [1.29, 1.82) is 0 Å². The Morgan fingerprint density at radius 1 is 1.24 bits per heavy atom. The molecule has 8 heteroatoms. The van der Waals surface area contributed by atoms with E-state index in [1.807, 2.05) is 27.9 Å². The Morgan fingerprint density at radius 2 is 1.81 bits per heavy atom. The molecule has 0 aliphatic rings. The van der Waals surface area contributed by atoms with E-state index in [9.17, 15) is 13.2 Å². The maximum atomic E-state index is 12.5. The van der Waals surface area contributed by atoms with Gasteiger partial charge in [-0.05, 0) is 31.7 Å². The number of hydrogen-bond acceptors (Lipinski definition) is 2. The molecule has 1 aromatic rings. The maximum absolute atomic E-state index is 12.5. The van der Waals surface area contributed by atoms with E-state index in [2.05, 4.69) is 9.82 Å². The second-order valence-electron chi connectivity index (χ2n) is 6.04. The highest BCUT2D eigenvalue weighted by Gasteiger charge is 2.32. The largest absolute Gasteiger partial charge is 1.00 e. The van der Waals surface area contributed by atoms with E-state index in [0.717, 1.165) is 18.7 Å².